The maximum atomic E-state index is 10.8. The molecule has 0 saturated carbocycles. The molecule has 5 rings (SSSR count). The molecule has 0 spiro atoms. The monoisotopic (exact) mass is 446 g/mol. The van der Waals surface area contributed by atoms with E-state index in [9.17, 15) is 4.79 Å². The van der Waals surface area contributed by atoms with Crippen LogP contribution >= 0.6 is 11.3 Å². The Kier molecular flexibility index (Phi) is 6.00. The number of piperidine rings is 1. The summed E-state index contributed by atoms with van der Waals surface area (Å²) in [6.07, 6.45) is 7.80. The number of nitrogens with zero attached hydrogens (tertiary/aromatic N) is 5. The fraction of sp³-hybridized carbons (Fsp3) is 0.261. The van der Waals surface area contributed by atoms with Crippen LogP contribution in [-0.2, 0) is 4.79 Å². The highest BCUT2D eigenvalue weighted by Crippen LogP contribution is 2.33. The minimum atomic E-state index is 0.259. The van der Waals surface area contributed by atoms with Gasteiger partial charge >= 0.3 is 0 Å². The molecular weight excluding hydrogens is 424 g/mol. The summed E-state index contributed by atoms with van der Waals surface area (Å²) in [5.74, 6) is 2.06. The molecule has 1 fully saturated rings. The van der Waals surface area contributed by atoms with Crippen LogP contribution < -0.4 is 10.1 Å². The highest BCUT2D eigenvalue weighted by Gasteiger charge is 2.25. The Bertz CT molecular complexity index is 1170. The predicted molar refractivity (Wildman–Crippen MR) is 124 cm³/mol. The van der Waals surface area contributed by atoms with E-state index < -0.39 is 0 Å². The topological polar surface area (TPSA) is 93.1 Å². The first kappa shape index (κ1) is 20.5. The number of carbonyl (C=O) groups is 1. The van der Waals surface area contributed by atoms with E-state index in [1.165, 1.54) is 0 Å². The van der Waals surface area contributed by atoms with Crippen molar-refractivity contribution in [2.45, 2.75) is 18.8 Å². The first-order chi connectivity index (χ1) is 15.8. The normalized spacial score (nSPS) is 15.0. The number of para-hydroxylation sites is 1. The van der Waals surface area contributed by atoms with Crippen molar-refractivity contribution in [1.29, 1.82) is 0 Å². The van der Waals surface area contributed by atoms with Gasteiger partial charge in [-0.1, -0.05) is 23.5 Å². The summed E-state index contributed by atoms with van der Waals surface area (Å²) in [5, 5.41) is 4.04. The van der Waals surface area contributed by atoms with Crippen LogP contribution in [0, 0.1) is 0 Å². The van der Waals surface area contributed by atoms with Gasteiger partial charge < -0.3 is 14.8 Å². The van der Waals surface area contributed by atoms with E-state index in [-0.39, 0.29) is 5.92 Å². The largest absolute Gasteiger partial charge is 0.436 e. The van der Waals surface area contributed by atoms with Crippen LogP contribution in [0.15, 0.2) is 55.0 Å². The van der Waals surface area contributed by atoms with Gasteiger partial charge in [-0.2, -0.15) is 0 Å². The average molecular weight is 447 g/mol. The van der Waals surface area contributed by atoms with Crippen molar-refractivity contribution in [1.82, 2.24) is 24.8 Å². The van der Waals surface area contributed by atoms with E-state index in [0.717, 1.165) is 53.3 Å². The number of aromatic nitrogens is 4. The Balaban J connectivity index is 1.26. The third kappa shape index (κ3) is 4.58. The molecule has 1 aliphatic heterocycles. The zero-order chi connectivity index (χ0) is 21.8. The van der Waals surface area contributed by atoms with E-state index >= 15 is 0 Å². The predicted octanol–water partition coefficient (Wildman–Crippen LogP) is 4.40. The summed E-state index contributed by atoms with van der Waals surface area (Å²) in [4.78, 5) is 30.9. The zero-order valence-corrected chi connectivity index (χ0v) is 18.2. The summed E-state index contributed by atoms with van der Waals surface area (Å²) >= 11 is 1.59. The van der Waals surface area contributed by atoms with Crippen LogP contribution in [0.25, 0.3) is 10.2 Å². The third-order valence-corrected chi connectivity index (χ3v) is 6.43. The molecule has 1 saturated heterocycles. The molecule has 162 valence electrons. The fourth-order valence-corrected chi connectivity index (χ4v) is 4.72. The van der Waals surface area contributed by atoms with Gasteiger partial charge in [0, 0.05) is 18.3 Å². The molecule has 0 bridgehead atoms. The minimum Gasteiger partial charge on any atom is -0.436 e. The van der Waals surface area contributed by atoms with Crippen molar-refractivity contribution in [3.05, 3.63) is 60.7 Å². The number of benzene rings is 1. The van der Waals surface area contributed by atoms with E-state index in [1.807, 2.05) is 36.4 Å². The SMILES string of the molecule is O=CCN1CCC(c2nccnc2Oc2ccc(Nc3nc4ccccc4s3)nc2)CC1. The Morgan fingerprint density at radius 2 is 1.94 bits per heavy atom. The molecule has 0 amide bonds. The molecule has 0 unspecified atom stereocenters. The minimum absolute atomic E-state index is 0.259. The van der Waals surface area contributed by atoms with Gasteiger partial charge in [0.1, 0.15) is 23.5 Å². The lowest BCUT2D eigenvalue weighted by Gasteiger charge is -2.30. The van der Waals surface area contributed by atoms with Crippen molar-refractivity contribution in [2.24, 2.45) is 0 Å². The zero-order valence-electron chi connectivity index (χ0n) is 17.3. The van der Waals surface area contributed by atoms with Crippen LogP contribution in [0.5, 0.6) is 11.6 Å². The van der Waals surface area contributed by atoms with E-state index in [0.29, 0.717) is 24.0 Å². The Hall–Kier alpha value is -3.43. The first-order valence-corrected chi connectivity index (χ1v) is 11.3. The van der Waals surface area contributed by atoms with Crippen LogP contribution in [0.3, 0.4) is 0 Å². The maximum absolute atomic E-state index is 10.8. The molecule has 1 N–H and O–H groups in total. The first-order valence-electron chi connectivity index (χ1n) is 10.5. The lowest BCUT2D eigenvalue weighted by Crippen LogP contribution is -2.34. The molecule has 4 heterocycles. The summed E-state index contributed by atoms with van der Waals surface area (Å²) in [7, 11) is 0. The average Bonchev–Trinajstić information content (AvgIpc) is 3.24. The van der Waals surface area contributed by atoms with Crippen molar-refractivity contribution >= 4 is 38.8 Å². The van der Waals surface area contributed by atoms with Gasteiger partial charge in [-0.15, -0.1) is 0 Å². The summed E-state index contributed by atoms with van der Waals surface area (Å²) in [6.45, 7) is 2.22. The number of rotatable bonds is 7. The molecule has 9 heteroatoms. The summed E-state index contributed by atoms with van der Waals surface area (Å²) < 4.78 is 7.17. The number of hydrogen-bond acceptors (Lipinski definition) is 9. The lowest BCUT2D eigenvalue weighted by molar-refractivity contribution is -0.109. The van der Waals surface area contributed by atoms with E-state index in [2.05, 4.69) is 30.2 Å². The number of nitrogens with one attached hydrogen (secondary N) is 1. The number of anilines is 2. The second-order valence-electron chi connectivity index (χ2n) is 7.58. The molecule has 8 nitrogen and oxygen atoms in total. The Morgan fingerprint density at radius 3 is 2.72 bits per heavy atom. The number of carbonyl (C=O) groups excluding carboxylic acids is 1. The number of pyridine rings is 1. The Morgan fingerprint density at radius 1 is 1.09 bits per heavy atom. The van der Waals surface area contributed by atoms with Gasteiger partial charge in [0.05, 0.1) is 23.0 Å². The summed E-state index contributed by atoms with van der Waals surface area (Å²) in [5.41, 5.74) is 1.82. The fourth-order valence-electron chi connectivity index (χ4n) is 3.85. The second-order valence-corrected chi connectivity index (χ2v) is 8.61. The molecular formula is C23H22N6O2S. The van der Waals surface area contributed by atoms with Crippen molar-refractivity contribution in [2.75, 3.05) is 25.0 Å². The molecule has 0 aliphatic carbocycles. The quantitative estimate of drug-likeness (QED) is 0.418. The van der Waals surface area contributed by atoms with Gasteiger partial charge in [-0.05, 0) is 50.2 Å². The molecule has 1 aliphatic rings. The van der Waals surface area contributed by atoms with Crippen molar-refractivity contribution in [3.8, 4) is 11.6 Å². The van der Waals surface area contributed by atoms with Gasteiger partial charge in [-0.25, -0.2) is 15.0 Å². The van der Waals surface area contributed by atoms with Crippen LogP contribution in [0.2, 0.25) is 0 Å². The molecule has 4 aromatic rings. The standard InChI is InChI=1S/C23H22N6O2S/c30-14-13-29-11-7-16(8-12-29)21-22(25-10-9-24-21)31-17-5-6-20(26-15-17)28-23-27-18-3-1-2-4-19(18)32-23/h1-6,9-10,14-16H,7-8,11-13H2,(H,26,27,28). The number of likely N-dealkylation sites (tertiary alicyclic amines) is 1. The van der Waals surface area contributed by atoms with Crippen LogP contribution in [-0.4, -0.2) is 50.8 Å². The number of fused-ring (bicyclic) bond motifs is 1. The molecule has 1 aromatic carbocycles. The smallest absolute Gasteiger partial charge is 0.241 e. The summed E-state index contributed by atoms with van der Waals surface area (Å²) in [6, 6.07) is 11.7. The van der Waals surface area contributed by atoms with Crippen LogP contribution in [0.4, 0.5) is 10.9 Å². The Labute approximate surface area is 189 Å². The van der Waals surface area contributed by atoms with Gasteiger partial charge in [0.15, 0.2) is 5.13 Å². The maximum Gasteiger partial charge on any atom is 0.241 e. The van der Waals surface area contributed by atoms with Gasteiger partial charge in [0.25, 0.3) is 0 Å². The van der Waals surface area contributed by atoms with Crippen molar-refractivity contribution < 1.29 is 9.53 Å². The van der Waals surface area contributed by atoms with E-state index in [1.54, 1.807) is 29.9 Å². The highest BCUT2D eigenvalue weighted by atomic mass is 32.1. The number of aldehydes is 1. The molecule has 32 heavy (non-hydrogen) atoms. The molecule has 0 radical (unpaired) electrons. The second kappa shape index (κ2) is 9.37. The molecule has 0 atom stereocenters. The highest BCUT2D eigenvalue weighted by molar-refractivity contribution is 7.22. The number of hydrogen-bond donors (Lipinski definition) is 1. The molecule has 3 aromatic heterocycles. The van der Waals surface area contributed by atoms with Gasteiger partial charge in [-0.3, -0.25) is 9.88 Å². The number of ether oxygens (including phenoxy) is 1. The van der Waals surface area contributed by atoms with Crippen LogP contribution in [0.1, 0.15) is 24.5 Å². The number of thiazole rings is 1. The lowest BCUT2D eigenvalue weighted by atomic mass is 9.93. The van der Waals surface area contributed by atoms with Crippen molar-refractivity contribution in [3.63, 3.8) is 0 Å². The van der Waals surface area contributed by atoms with E-state index in [4.69, 9.17) is 4.74 Å². The third-order valence-electron chi connectivity index (χ3n) is 5.48. The van der Waals surface area contributed by atoms with Gasteiger partial charge in [0.2, 0.25) is 5.88 Å².